The Balaban J connectivity index is 0.00000225. The van der Waals surface area contributed by atoms with Gasteiger partial charge in [0, 0.05) is 25.2 Å². The molecule has 3 rings (SSSR count). The van der Waals surface area contributed by atoms with E-state index in [1.807, 2.05) is 4.90 Å². The van der Waals surface area contributed by atoms with Crippen molar-refractivity contribution in [3.8, 4) is 0 Å². The molecule has 1 amide bonds. The Morgan fingerprint density at radius 3 is 2.04 bits per heavy atom. The standard InChI is InChI=1S/C16H23F3N2O3.ClH/c17-16(18,19)13-8-20(7-12(13)15(23)24)9-14(22)21(11-5-6-11)10-3-1-2-4-10;/h10-13H,1-9H2,(H,23,24);1H/t12-,13-;/m1./s1. The van der Waals surface area contributed by atoms with Crippen LogP contribution in [0.3, 0.4) is 0 Å². The fraction of sp³-hybridized carbons (Fsp3) is 0.875. The highest BCUT2D eigenvalue weighted by atomic mass is 35.5. The summed E-state index contributed by atoms with van der Waals surface area (Å²) in [6.07, 6.45) is 1.47. The van der Waals surface area contributed by atoms with E-state index < -0.39 is 30.5 Å². The van der Waals surface area contributed by atoms with Crippen LogP contribution in [0.5, 0.6) is 0 Å². The van der Waals surface area contributed by atoms with Gasteiger partial charge in [-0.3, -0.25) is 14.5 Å². The maximum atomic E-state index is 13.0. The molecule has 1 saturated heterocycles. The molecule has 0 radical (unpaired) electrons. The first-order valence-corrected chi connectivity index (χ1v) is 8.60. The average Bonchev–Trinajstić information content (AvgIpc) is 2.99. The maximum absolute atomic E-state index is 13.0. The van der Waals surface area contributed by atoms with E-state index in [-0.39, 0.29) is 43.5 Å². The summed E-state index contributed by atoms with van der Waals surface area (Å²) in [5.41, 5.74) is 0. The van der Waals surface area contributed by atoms with Gasteiger partial charge in [-0.05, 0) is 25.7 Å². The first-order valence-electron chi connectivity index (χ1n) is 8.60. The number of hydrogen-bond donors (Lipinski definition) is 1. The largest absolute Gasteiger partial charge is 0.481 e. The van der Waals surface area contributed by atoms with Gasteiger partial charge in [0.2, 0.25) is 5.91 Å². The molecule has 1 N–H and O–H groups in total. The van der Waals surface area contributed by atoms with E-state index in [1.54, 1.807) is 0 Å². The average molecular weight is 385 g/mol. The van der Waals surface area contributed by atoms with Crippen molar-refractivity contribution in [1.82, 2.24) is 9.80 Å². The van der Waals surface area contributed by atoms with Gasteiger partial charge in [-0.15, -0.1) is 12.4 Å². The van der Waals surface area contributed by atoms with Crippen LogP contribution in [0.1, 0.15) is 38.5 Å². The van der Waals surface area contributed by atoms with Crippen molar-refractivity contribution >= 4 is 24.3 Å². The zero-order valence-electron chi connectivity index (χ0n) is 13.9. The Morgan fingerprint density at radius 2 is 1.60 bits per heavy atom. The maximum Gasteiger partial charge on any atom is 0.393 e. The van der Waals surface area contributed by atoms with Crippen LogP contribution in [0, 0.1) is 11.8 Å². The summed E-state index contributed by atoms with van der Waals surface area (Å²) >= 11 is 0. The lowest BCUT2D eigenvalue weighted by Gasteiger charge is -2.31. The topological polar surface area (TPSA) is 60.9 Å². The zero-order valence-corrected chi connectivity index (χ0v) is 14.7. The first kappa shape index (κ1) is 20.3. The van der Waals surface area contributed by atoms with E-state index in [1.165, 1.54) is 4.90 Å². The van der Waals surface area contributed by atoms with Gasteiger partial charge in [-0.2, -0.15) is 13.2 Å². The number of carboxylic acid groups (broad SMARTS) is 1. The second-order valence-electron chi connectivity index (χ2n) is 7.26. The molecule has 1 aliphatic heterocycles. The van der Waals surface area contributed by atoms with Crippen LogP contribution in [0.2, 0.25) is 0 Å². The SMILES string of the molecule is Cl.O=C(O)[C@@H]1CN(CC(=O)N(C2CCCC2)C2CC2)C[C@H]1C(F)(F)F. The zero-order chi connectivity index (χ0) is 17.5. The van der Waals surface area contributed by atoms with Crippen LogP contribution in [0.15, 0.2) is 0 Å². The fourth-order valence-electron chi connectivity index (χ4n) is 4.11. The van der Waals surface area contributed by atoms with Crippen LogP contribution in [-0.4, -0.2) is 64.7 Å². The van der Waals surface area contributed by atoms with Gasteiger partial charge < -0.3 is 10.0 Å². The minimum atomic E-state index is -4.55. The second kappa shape index (κ2) is 7.70. The van der Waals surface area contributed by atoms with Gasteiger partial charge >= 0.3 is 12.1 Å². The highest BCUT2D eigenvalue weighted by Crippen LogP contribution is 2.38. The Labute approximate surface area is 150 Å². The molecular formula is C16H24ClF3N2O3. The fourth-order valence-corrected chi connectivity index (χ4v) is 4.11. The molecule has 0 spiro atoms. The van der Waals surface area contributed by atoms with E-state index in [4.69, 9.17) is 5.11 Å². The third kappa shape index (κ3) is 4.58. The van der Waals surface area contributed by atoms with Crippen molar-refractivity contribution in [3.05, 3.63) is 0 Å². The van der Waals surface area contributed by atoms with Crippen LogP contribution < -0.4 is 0 Å². The van der Waals surface area contributed by atoms with Gasteiger partial charge in [0.15, 0.2) is 0 Å². The molecular weight excluding hydrogens is 361 g/mol. The Hall–Kier alpha value is -1.02. The molecule has 3 fully saturated rings. The highest BCUT2D eigenvalue weighted by molar-refractivity contribution is 5.85. The van der Waals surface area contributed by atoms with E-state index in [2.05, 4.69) is 0 Å². The number of aliphatic carboxylic acids is 1. The smallest absolute Gasteiger partial charge is 0.393 e. The second-order valence-corrected chi connectivity index (χ2v) is 7.26. The molecule has 144 valence electrons. The lowest BCUT2D eigenvalue weighted by molar-refractivity contribution is -0.188. The Morgan fingerprint density at radius 1 is 1.04 bits per heavy atom. The summed E-state index contributed by atoms with van der Waals surface area (Å²) in [6.45, 7) is -0.729. The van der Waals surface area contributed by atoms with Crippen LogP contribution in [-0.2, 0) is 9.59 Å². The molecule has 5 nitrogen and oxygen atoms in total. The summed E-state index contributed by atoms with van der Waals surface area (Å²) in [5.74, 6) is -4.97. The number of rotatable bonds is 5. The molecule has 9 heteroatoms. The summed E-state index contributed by atoms with van der Waals surface area (Å²) in [6, 6.07) is 0.443. The minimum Gasteiger partial charge on any atom is -0.481 e. The van der Waals surface area contributed by atoms with Crippen molar-refractivity contribution in [2.75, 3.05) is 19.6 Å². The third-order valence-corrected chi connectivity index (χ3v) is 5.44. The lowest BCUT2D eigenvalue weighted by atomic mass is 9.96. The molecule has 1 heterocycles. The predicted octanol–water partition coefficient (Wildman–Crippen LogP) is 2.54. The van der Waals surface area contributed by atoms with E-state index in [0.29, 0.717) is 0 Å². The lowest BCUT2D eigenvalue weighted by Crippen LogP contribution is -2.46. The van der Waals surface area contributed by atoms with Crippen molar-refractivity contribution < 1.29 is 27.9 Å². The number of amides is 1. The number of carbonyl (C=O) groups excluding carboxylic acids is 1. The molecule has 0 aromatic rings. The summed E-state index contributed by atoms with van der Waals surface area (Å²) in [7, 11) is 0. The van der Waals surface area contributed by atoms with Gasteiger partial charge in [-0.25, -0.2) is 0 Å². The highest BCUT2D eigenvalue weighted by Gasteiger charge is 2.53. The number of carbonyl (C=O) groups is 2. The molecule has 2 atom stereocenters. The molecule has 0 unspecified atom stereocenters. The quantitative estimate of drug-likeness (QED) is 0.791. The van der Waals surface area contributed by atoms with Crippen molar-refractivity contribution in [3.63, 3.8) is 0 Å². The van der Waals surface area contributed by atoms with Crippen molar-refractivity contribution in [2.24, 2.45) is 11.8 Å². The van der Waals surface area contributed by atoms with Crippen LogP contribution >= 0.6 is 12.4 Å². The molecule has 3 aliphatic rings. The molecule has 25 heavy (non-hydrogen) atoms. The summed E-state index contributed by atoms with van der Waals surface area (Å²) in [5, 5.41) is 9.06. The normalized spacial score (nSPS) is 28.0. The molecule has 2 saturated carbocycles. The van der Waals surface area contributed by atoms with E-state index >= 15 is 0 Å². The van der Waals surface area contributed by atoms with Gasteiger partial charge in [0.1, 0.15) is 0 Å². The number of alkyl halides is 3. The molecule has 2 aliphatic carbocycles. The van der Waals surface area contributed by atoms with Crippen LogP contribution in [0.25, 0.3) is 0 Å². The Kier molecular flexibility index (Phi) is 6.25. The summed E-state index contributed by atoms with van der Waals surface area (Å²) in [4.78, 5) is 27.0. The van der Waals surface area contributed by atoms with Gasteiger partial charge in [-0.1, -0.05) is 12.8 Å². The van der Waals surface area contributed by atoms with Crippen molar-refractivity contribution in [2.45, 2.75) is 56.8 Å². The van der Waals surface area contributed by atoms with E-state index in [9.17, 15) is 22.8 Å². The van der Waals surface area contributed by atoms with Gasteiger partial charge in [0.25, 0.3) is 0 Å². The number of nitrogens with zero attached hydrogens (tertiary/aromatic N) is 2. The summed E-state index contributed by atoms with van der Waals surface area (Å²) < 4.78 is 39.1. The van der Waals surface area contributed by atoms with Gasteiger partial charge in [0.05, 0.1) is 18.4 Å². The molecule has 0 aromatic carbocycles. The molecule has 0 bridgehead atoms. The van der Waals surface area contributed by atoms with Crippen molar-refractivity contribution in [1.29, 1.82) is 0 Å². The van der Waals surface area contributed by atoms with E-state index in [0.717, 1.165) is 38.5 Å². The first-order chi connectivity index (χ1) is 11.3. The molecule has 0 aromatic heterocycles. The predicted molar refractivity (Wildman–Crippen MR) is 86.5 cm³/mol. The third-order valence-electron chi connectivity index (χ3n) is 5.44. The number of halogens is 4. The minimum absolute atomic E-state index is 0. The Bertz CT molecular complexity index is 507. The number of hydrogen-bond acceptors (Lipinski definition) is 3. The monoisotopic (exact) mass is 384 g/mol. The number of carboxylic acids is 1. The number of likely N-dealkylation sites (tertiary alicyclic amines) is 1. The van der Waals surface area contributed by atoms with Crippen LogP contribution in [0.4, 0.5) is 13.2 Å².